The molecule has 2 aromatic rings. The second kappa shape index (κ2) is 15.5. The van der Waals surface area contributed by atoms with E-state index in [1.165, 1.54) is 38.9 Å². The van der Waals surface area contributed by atoms with E-state index in [1.807, 2.05) is 17.2 Å². The summed E-state index contributed by atoms with van der Waals surface area (Å²) in [5, 5.41) is 1.99. The van der Waals surface area contributed by atoms with E-state index in [0.717, 1.165) is 34.3 Å². The number of halogens is 2. The molecule has 5 heterocycles. The quantitative estimate of drug-likeness (QED) is 0.180. The molecule has 0 radical (unpaired) electrons. The number of aromatic nitrogens is 2. The number of fused-ring (bicyclic) bond motifs is 2. The molecule has 2 aromatic heterocycles. The van der Waals surface area contributed by atoms with Crippen molar-refractivity contribution in [3.63, 3.8) is 0 Å². The molecule has 45 heavy (non-hydrogen) atoms. The van der Waals surface area contributed by atoms with Gasteiger partial charge in [-0.2, -0.15) is 4.39 Å². The van der Waals surface area contributed by atoms with Crippen LogP contribution in [0.25, 0.3) is 11.3 Å². The summed E-state index contributed by atoms with van der Waals surface area (Å²) in [6, 6.07) is 4.24. The summed E-state index contributed by atoms with van der Waals surface area (Å²) in [6.45, 7) is 12.9. The molecule has 8 nitrogen and oxygen atoms in total. The van der Waals surface area contributed by atoms with E-state index in [1.54, 1.807) is 13.2 Å². The monoisotopic (exact) mass is 634 g/mol. The lowest BCUT2D eigenvalue weighted by Crippen LogP contribution is -2.38. The number of methoxy groups -OCH3 is 1. The average molecular weight is 635 g/mol. The van der Waals surface area contributed by atoms with Crippen LogP contribution >= 0.6 is 11.6 Å². The van der Waals surface area contributed by atoms with Gasteiger partial charge in [0, 0.05) is 53.5 Å². The minimum atomic E-state index is -0.696. The summed E-state index contributed by atoms with van der Waals surface area (Å²) in [4.78, 5) is 8.40. The first-order valence-electron chi connectivity index (χ1n) is 15.3. The lowest BCUT2D eigenvalue weighted by Gasteiger charge is -2.26. The molecule has 240 valence electrons. The summed E-state index contributed by atoms with van der Waals surface area (Å²) >= 11 is 6.15. The van der Waals surface area contributed by atoms with Gasteiger partial charge in [-0.15, -0.1) is 18.9 Å². The van der Waals surface area contributed by atoms with Crippen LogP contribution in [0.2, 0.25) is 5.02 Å². The summed E-state index contributed by atoms with van der Waals surface area (Å²) in [5.41, 5.74) is 22.2. The Hall–Kier alpha value is -3.72. The fourth-order valence-electron chi connectivity index (χ4n) is 5.71. The molecule has 0 amide bonds. The lowest BCUT2D eigenvalue weighted by atomic mass is 9.93. The van der Waals surface area contributed by atoms with Crippen LogP contribution in [0.3, 0.4) is 0 Å². The predicted octanol–water partition coefficient (Wildman–Crippen LogP) is 6.50. The van der Waals surface area contributed by atoms with Crippen molar-refractivity contribution in [2.45, 2.75) is 50.5 Å². The summed E-state index contributed by atoms with van der Waals surface area (Å²) in [7, 11) is 3.19. The zero-order chi connectivity index (χ0) is 32.7. The smallest absolute Gasteiger partial charge is 0.232 e. The molecule has 10 heteroatoms. The van der Waals surface area contributed by atoms with E-state index in [-0.39, 0.29) is 16.9 Å². The van der Waals surface area contributed by atoms with Gasteiger partial charge in [-0.05, 0) is 80.5 Å². The van der Waals surface area contributed by atoms with E-state index in [9.17, 15) is 4.39 Å². The molecular weight excluding hydrogens is 591 g/mol. The van der Waals surface area contributed by atoms with Gasteiger partial charge in [-0.25, -0.2) is 20.4 Å². The fraction of sp³-hybridized carbons (Fsp3) is 0.400. The summed E-state index contributed by atoms with van der Waals surface area (Å²) < 4.78 is 25.1. The van der Waals surface area contributed by atoms with Gasteiger partial charge in [0.15, 0.2) is 0 Å². The molecule has 5 aliphatic rings. The van der Waals surface area contributed by atoms with Crippen molar-refractivity contribution in [3.05, 3.63) is 107 Å². The number of rotatable bonds is 7. The van der Waals surface area contributed by atoms with Crippen LogP contribution in [0.1, 0.15) is 55.7 Å². The maximum Gasteiger partial charge on any atom is 0.232 e. The SMILES string of the molecule is C=C.C=C=CC1=CC2=CC(C3CC3)NN2C(OC)=C1.CC1COc2c1cc(C(CN)C1CC1)nc2-c1ccnc(F)c1Cl.CN. The average Bonchev–Trinajstić information content (AvgIpc) is 4.01. The highest BCUT2D eigenvalue weighted by Crippen LogP contribution is 2.47. The van der Waals surface area contributed by atoms with Crippen molar-refractivity contribution in [2.75, 3.05) is 27.3 Å². The van der Waals surface area contributed by atoms with Gasteiger partial charge in [-0.3, -0.25) is 0 Å². The predicted molar refractivity (Wildman–Crippen MR) is 179 cm³/mol. The number of nitrogens with two attached hydrogens (primary N) is 2. The zero-order valence-electron chi connectivity index (χ0n) is 26.4. The number of hydrazine groups is 1. The van der Waals surface area contributed by atoms with Crippen molar-refractivity contribution in [1.29, 1.82) is 0 Å². The zero-order valence-corrected chi connectivity index (χ0v) is 27.1. The molecule has 0 aromatic carbocycles. The van der Waals surface area contributed by atoms with Crippen molar-refractivity contribution in [2.24, 2.45) is 23.3 Å². The number of hydrogen-bond acceptors (Lipinski definition) is 8. The molecule has 2 aliphatic carbocycles. The van der Waals surface area contributed by atoms with E-state index < -0.39 is 5.95 Å². The van der Waals surface area contributed by atoms with Crippen LogP contribution in [-0.2, 0) is 4.74 Å². The molecule has 7 rings (SSSR count). The third-order valence-electron chi connectivity index (χ3n) is 8.28. The normalized spacial score (nSPS) is 21.2. The third-order valence-corrected chi connectivity index (χ3v) is 8.64. The second-order valence-electron chi connectivity index (χ2n) is 11.3. The van der Waals surface area contributed by atoms with Crippen molar-refractivity contribution < 1.29 is 13.9 Å². The van der Waals surface area contributed by atoms with Gasteiger partial charge in [0.1, 0.15) is 16.5 Å². The molecule has 2 saturated carbocycles. The van der Waals surface area contributed by atoms with E-state index >= 15 is 0 Å². The number of pyridine rings is 2. The fourth-order valence-corrected chi connectivity index (χ4v) is 5.91. The van der Waals surface area contributed by atoms with Crippen LogP contribution < -0.4 is 21.6 Å². The standard InChI is InChI=1S/C18H19ClFN3O.C14H16N2O.C2H4.CH5N/c1-9-8-24-17-12(9)6-14(13(7-21)10-2-3-10)23-16(17)11-4-5-22-18(20)15(11)19;1-3-4-10-7-12-9-13(11-5-6-11)15-16(12)14(8-10)17-2;2*1-2/h4-6,9-10,13H,2-3,7-8,21H2,1H3;4,7-9,11,13,15H,1,5-6H2,2H3;1-2H2;2H2,1H3. The van der Waals surface area contributed by atoms with Crippen molar-refractivity contribution in [1.82, 2.24) is 20.4 Å². The highest BCUT2D eigenvalue weighted by Gasteiger charge is 2.37. The Kier molecular flexibility index (Phi) is 11.8. The summed E-state index contributed by atoms with van der Waals surface area (Å²) in [6.07, 6.45) is 14.7. The molecule has 0 saturated heterocycles. The minimum absolute atomic E-state index is 0.0248. The molecule has 2 fully saturated rings. The van der Waals surface area contributed by atoms with Crippen LogP contribution in [0.4, 0.5) is 4.39 Å². The van der Waals surface area contributed by atoms with Crippen LogP contribution in [0.5, 0.6) is 5.75 Å². The maximum atomic E-state index is 13.8. The van der Waals surface area contributed by atoms with Gasteiger partial charge in [-0.1, -0.05) is 25.1 Å². The Morgan fingerprint density at radius 2 is 2.00 bits per heavy atom. The molecule has 0 bridgehead atoms. The molecule has 5 N–H and O–H groups in total. The first kappa shape index (κ1) is 34.2. The topological polar surface area (TPSA) is 112 Å². The first-order chi connectivity index (χ1) is 21.9. The van der Waals surface area contributed by atoms with Crippen molar-refractivity contribution in [3.8, 4) is 17.0 Å². The van der Waals surface area contributed by atoms with E-state index in [0.29, 0.717) is 42.1 Å². The Morgan fingerprint density at radius 1 is 1.27 bits per heavy atom. The number of nitrogens with zero attached hydrogens (tertiary/aromatic N) is 3. The largest absolute Gasteiger partial charge is 0.490 e. The number of allylic oxidation sites excluding steroid dienone is 4. The lowest BCUT2D eigenvalue weighted by molar-refractivity contribution is 0.143. The third kappa shape index (κ3) is 7.57. The molecule has 3 aliphatic heterocycles. The van der Waals surface area contributed by atoms with Crippen LogP contribution in [-0.4, -0.2) is 48.3 Å². The second-order valence-corrected chi connectivity index (χ2v) is 11.6. The number of hydrogen-bond donors (Lipinski definition) is 3. The first-order valence-corrected chi connectivity index (χ1v) is 15.7. The molecular formula is C35H44ClFN6O2. The molecule has 0 spiro atoms. The number of nitrogens with one attached hydrogen (secondary N) is 1. The molecule has 3 atom stereocenters. The Labute approximate surface area is 271 Å². The Morgan fingerprint density at radius 3 is 2.62 bits per heavy atom. The van der Waals surface area contributed by atoms with Gasteiger partial charge in [0.2, 0.25) is 11.8 Å². The van der Waals surface area contributed by atoms with Crippen molar-refractivity contribution >= 4 is 11.6 Å². The maximum absolute atomic E-state index is 13.8. The highest BCUT2D eigenvalue weighted by molar-refractivity contribution is 6.33. The van der Waals surface area contributed by atoms with Crippen LogP contribution in [0, 0.1) is 17.8 Å². The van der Waals surface area contributed by atoms with Gasteiger partial charge in [0.05, 0.1) is 19.4 Å². The van der Waals surface area contributed by atoms with Gasteiger partial charge < -0.3 is 20.9 Å². The van der Waals surface area contributed by atoms with E-state index in [4.69, 9.17) is 31.8 Å². The Bertz CT molecular complexity index is 1510. The van der Waals surface area contributed by atoms with Gasteiger partial charge in [0.25, 0.3) is 0 Å². The van der Waals surface area contributed by atoms with Crippen LogP contribution in [0.15, 0.2) is 85.3 Å². The summed E-state index contributed by atoms with van der Waals surface area (Å²) in [5.74, 6) is 2.71. The van der Waals surface area contributed by atoms with Gasteiger partial charge >= 0.3 is 0 Å². The van der Waals surface area contributed by atoms with E-state index in [2.05, 4.69) is 66.8 Å². The highest BCUT2D eigenvalue weighted by atomic mass is 35.5. The molecule has 3 unspecified atom stereocenters. The Balaban J connectivity index is 0.000000193. The minimum Gasteiger partial charge on any atom is -0.490 e. The number of ether oxygens (including phenoxy) is 2.